The molecule has 1 fully saturated rings. The number of morpholine rings is 1. The van der Waals surface area contributed by atoms with Crippen molar-refractivity contribution < 1.29 is 14.9 Å². The molecule has 2 N–H and O–H groups in total. The zero-order chi connectivity index (χ0) is 18.5. The van der Waals surface area contributed by atoms with Gasteiger partial charge < -0.3 is 19.8 Å². The molecule has 2 aromatic rings. The number of rotatable bonds is 6. The first-order chi connectivity index (χ1) is 12.6. The van der Waals surface area contributed by atoms with Gasteiger partial charge in [-0.25, -0.2) is 0 Å². The molecular formula is C18H22N4O3S. The fourth-order valence-corrected chi connectivity index (χ4v) is 4.07. The highest BCUT2D eigenvalue weighted by Gasteiger charge is 2.27. The van der Waals surface area contributed by atoms with Gasteiger partial charge in [0.2, 0.25) is 0 Å². The van der Waals surface area contributed by atoms with Crippen molar-refractivity contribution in [2.45, 2.75) is 25.2 Å². The number of hydrogen-bond donors (Lipinski definition) is 2. The summed E-state index contributed by atoms with van der Waals surface area (Å²) >= 11 is 1.57. The van der Waals surface area contributed by atoms with Crippen molar-refractivity contribution in [2.24, 2.45) is 0 Å². The number of ether oxygens (including phenoxy) is 1. The van der Waals surface area contributed by atoms with Gasteiger partial charge in [-0.15, -0.1) is 0 Å². The van der Waals surface area contributed by atoms with Crippen LogP contribution in [-0.2, 0) is 4.74 Å². The lowest BCUT2D eigenvalue weighted by molar-refractivity contribution is -0.00260. The Morgan fingerprint density at radius 1 is 1.35 bits per heavy atom. The maximum absolute atomic E-state index is 9.47. The van der Waals surface area contributed by atoms with Crippen molar-refractivity contribution in [1.82, 2.24) is 9.97 Å². The maximum Gasteiger partial charge on any atom is 0.113 e. The molecule has 0 amide bonds. The lowest BCUT2D eigenvalue weighted by Crippen LogP contribution is -2.48. The molecular weight excluding hydrogens is 352 g/mol. The number of anilines is 1. The van der Waals surface area contributed by atoms with Crippen LogP contribution in [0, 0.1) is 11.3 Å². The molecule has 1 aliphatic heterocycles. The minimum absolute atomic E-state index is 0.0111. The van der Waals surface area contributed by atoms with Crippen LogP contribution in [0.4, 0.5) is 5.69 Å². The van der Waals surface area contributed by atoms with Crippen LogP contribution in [0.5, 0.6) is 0 Å². The molecule has 0 spiro atoms. The zero-order valence-corrected chi connectivity index (χ0v) is 15.4. The number of thioether (sulfide) groups is 1. The smallest absolute Gasteiger partial charge is 0.113 e. The largest absolute Gasteiger partial charge is 0.394 e. The van der Waals surface area contributed by atoms with Crippen molar-refractivity contribution in [2.75, 3.05) is 36.1 Å². The summed E-state index contributed by atoms with van der Waals surface area (Å²) in [6.45, 7) is 3.24. The van der Waals surface area contributed by atoms with Crippen LogP contribution in [0.2, 0.25) is 0 Å². The standard InChI is InChI=1S/C18H22N4O3S/c1-12-7-22(8-15(25-12)11-26-10-14(24)9-23)16-3-2-13(6-19)17-18(16)21-5-4-20-17/h2-5,12,14-15,23-24H,7-11H2,1H3/t12-,14?,15-/m1/s1. The molecule has 0 saturated carbocycles. The Kier molecular flexibility index (Phi) is 6.27. The first-order valence-corrected chi connectivity index (χ1v) is 9.68. The molecule has 3 rings (SSSR count). The molecule has 8 heteroatoms. The van der Waals surface area contributed by atoms with Crippen LogP contribution in [0.1, 0.15) is 12.5 Å². The fourth-order valence-electron chi connectivity index (χ4n) is 3.11. The molecule has 0 radical (unpaired) electrons. The first-order valence-electron chi connectivity index (χ1n) is 8.53. The van der Waals surface area contributed by atoms with Gasteiger partial charge in [-0.05, 0) is 19.1 Å². The normalized spacial score (nSPS) is 21.5. The molecule has 0 aliphatic carbocycles. The van der Waals surface area contributed by atoms with E-state index in [2.05, 4.69) is 20.9 Å². The van der Waals surface area contributed by atoms with E-state index in [0.717, 1.165) is 23.5 Å². The molecule has 1 aliphatic rings. The zero-order valence-electron chi connectivity index (χ0n) is 14.6. The molecule has 1 saturated heterocycles. The molecule has 2 heterocycles. The lowest BCUT2D eigenvalue weighted by atomic mass is 10.1. The summed E-state index contributed by atoms with van der Waals surface area (Å²) in [4.78, 5) is 11.0. The van der Waals surface area contributed by atoms with Gasteiger partial charge >= 0.3 is 0 Å². The van der Waals surface area contributed by atoms with Crippen LogP contribution < -0.4 is 4.90 Å². The van der Waals surface area contributed by atoms with Crippen LogP contribution in [-0.4, -0.2) is 69.7 Å². The van der Waals surface area contributed by atoms with Crippen molar-refractivity contribution in [3.05, 3.63) is 30.1 Å². The molecule has 138 valence electrons. The summed E-state index contributed by atoms with van der Waals surface area (Å²) in [6.07, 6.45) is 2.60. The number of aliphatic hydroxyl groups is 2. The molecule has 7 nitrogen and oxygen atoms in total. The Morgan fingerprint density at radius 3 is 2.85 bits per heavy atom. The van der Waals surface area contributed by atoms with Crippen molar-refractivity contribution in [1.29, 1.82) is 5.26 Å². The van der Waals surface area contributed by atoms with Crippen molar-refractivity contribution >= 4 is 28.5 Å². The SMILES string of the molecule is C[C@@H]1CN(c2ccc(C#N)c3nccnc23)C[C@H](CSCC(O)CO)O1. The van der Waals surface area contributed by atoms with Crippen LogP contribution in [0.3, 0.4) is 0 Å². The Bertz CT molecular complexity index is 798. The number of benzene rings is 1. The van der Waals surface area contributed by atoms with Crippen LogP contribution in [0.25, 0.3) is 11.0 Å². The predicted octanol–water partition coefficient (Wildman–Crippen LogP) is 1.18. The van der Waals surface area contributed by atoms with Crippen molar-refractivity contribution in [3.8, 4) is 6.07 Å². The second-order valence-corrected chi connectivity index (χ2v) is 7.42. The van der Waals surface area contributed by atoms with Gasteiger partial charge in [-0.1, -0.05) is 0 Å². The number of nitrogens with zero attached hydrogens (tertiary/aromatic N) is 4. The summed E-state index contributed by atoms with van der Waals surface area (Å²) in [5.41, 5.74) is 2.81. The van der Waals surface area contributed by atoms with Gasteiger partial charge in [0, 0.05) is 37.0 Å². The number of aromatic nitrogens is 2. The van der Waals surface area contributed by atoms with Gasteiger partial charge in [0.25, 0.3) is 0 Å². The van der Waals surface area contributed by atoms with Gasteiger partial charge in [-0.3, -0.25) is 9.97 Å². The Morgan fingerprint density at radius 2 is 2.12 bits per heavy atom. The highest BCUT2D eigenvalue weighted by atomic mass is 32.2. The number of hydrogen-bond acceptors (Lipinski definition) is 8. The quantitative estimate of drug-likeness (QED) is 0.777. The van der Waals surface area contributed by atoms with E-state index in [4.69, 9.17) is 9.84 Å². The van der Waals surface area contributed by atoms with E-state index in [1.165, 1.54) is 0 Å². The Hall–Kier alpha value is -1.92. The van der Waals surface area contributed by atoms with E-state index in [-0.39, 0.29) is 18.8 Å². The van der Waals surface area contributed by atoms with E-state index in [9.17, 15) is 10.4 Å². The third-order valence-electron chi connectivity index (χ3n) is 4.22. The Balaban J connectivity index is 1.78. The maximum atomic E-state index is 9.47. The second kappa shape index (κ2) is 8.64. The highest BCUT2D eigenvalue weighted by molar-refractivity contribution is 7.99. The molecule has 26 heavy (non-hydrogen) atoms. The third kappa shape index (κ3) is 4.24. The van der Waals surface area contributed by atoms with E-state index in [1.807, 2.05) is 13.0 Å². The third-order valence-corrected chi connectivity index (χ3v) is 5.44. The minimum atomic E-state index is -0.699. The number of nitriles is 1. The van der Waals surface area contributed by atoms with Crippen LogP contribution >= 0.6 is 11.8 Å². The van der Waals surface area contributed by atoms with E-state index < -0.39 is 6.10 Å². The summed E-state index contributed by atoms with van der Waals surface area (Å²) in [5, 5.41) is 27.7. The summed E-state index contributed by atoms with van der Waals surface area (Å²) in [5.74, 6) is 1.22. The monoisotopic (exact) mass is 374 g/mol. The summed E-state index contributed by atoms with van der Waals surface area (Å²) in [6, 6.07) is 5.88. The lowest BCUT2D eigenvalue weighted by Gasteiger charge is -2.38. The summed E-state index contributed by atoms with van der Waals surface area (Å²) in [7, 11) is 0. The fraction of sp³-hybridized carbons (Fsp3) is 0.500. The predicted molar refractivity (Wildman–Crippen MR) is 101 cm³/mol. The van der Waals surface area contributed by atoms with Crippen molar-refractivity contribution in [3.63, 3.8) is 0 Å². The molecule has 0 bridgehead atoms. The topological polar surface area (TPSA) is 103 Å². The van der Waals surface area contributed by atoms with Gasteiger partial charge in [0.05, 0.1) is 36.2 Å². The van der Waals surface area contributed by atoms with Gasteiger partial charge in [-0.2, -0.15) is 17.0 Å². The summed E-state index contributed by atoms with van der Waals surface area (Å²) < 4.78 is 6.02. The Labute approximate surface area is 156 Å². The highest BCUT2D eigenvalue weighted by Crippen LogP contribution is 2.29. The van der Waals surface area contributed by atoms with Gasteiger partial charge in [0.15, 0.2) is 0 Å². The molecule has 3 atom stereocenters. The number of aliphatic hydroxyl groups excluding tert-OH is 2. The van der Waals surface area contributed by atoms with Gasteiger partial charge in [0.1, 0.15) is 17.1 Å². The van der Waals surface area contributed by atoms with Crippen LogP contribution in [0.15, 0.2) is 24.5 Å². The second-order valence-electron chi connectivity index (χ2n) is 6.35. The molecule has 1 aromatic heterocycles. The average Bonchev–Trinajstić information content (AvgIpc) is 2.66. The average molecular weight is 374 g/mol. The molecule has 1 unspecified atom stereocenters. The van der Waals surface area contributed by atoms with E-state index in [0.29, 0.717) is 23.4 Å². The number of fused-ring (bicyclic) bond motifs is 1. The van der Waals surface area contributed by atoms with E-state index in [1.54, 1.807) is 30.2 Å². The first kappa shape index (κ1) is 18.9. The van der Waals surface area contributed by atoms with E-state index >= 15 is 0 Å². The molecule has 1 aromatic carbocycles. The minimum Gasteiger partial charge on any atom is -0.394 e.